The van der Waals surface area contributed by atoms with E-state index in [4.69, 9.17) is 4.74 Å². The second-order valence-corrected chi connectivity index (χ2v) is 8.71. The summed E-state index contributed by atoms with van der Waals surface area (Å²) < 4.78 is 4.79. The number of allylic oxidation sites excluding steroid dienone is 2. The highest BCUT2D eigenvalue weighted by Gasteiger charge is 2.33. The van der Waals surface area contributed by atoms with Crippen molar-refractivity contribution in [3.05, 3.63) is 12.2 Å². The lowest BCUT2D eigenvalue weighted by molar-refractivity contribution is -0.147. The van der Waals surface area contributed by atoms with Crippen molar-refractivity contribution in [2.24, 2.45) is 0 Å². The van der Waals surface area contributed by atoms with Crippen molar-refractivity contribution in [1.29, 1.82) is 0 Å². The highest BCUT2D eigenvalue weighted by Crippen LogP contribution is 2.28. The van der Waals surface area contributed by atoms with Crippen molar-refractivity contribution in [3.63, 3.8) is 0 Å². The Morgan fingerprint density at radius 1 is 0.778 bits per heavy atom. The summed E-state index contributed by atoms with van der Waals surface area (Å²) in [5, 5.41) is 0. The molecule has 0 spiro atoms. The van der Waals surface area contributed by atoms with E-state index in [0.717, 1.165) is 32.1 Å². The van der Waals surface area contributed by atoms with Crippen LogP contribution in [-0.2, 0) is 9.53 Å². The molecule has 0 aromatic carbocycles. The molecule has 2 nitrogen and oxygen atoms in total. The minimum atomic E-state index is -0.592. The van der Waals surface area contributed by atoms with Gasteiger partial charge in [-0.1, -0.05) is 90.7 Å². The first kappa shape index (κ1) is 26.6. The van der Waals surface area contributed by atoms with Gasteiger partial charge in [0, 0.05) is 0 Å². The van der Waals surface area contributed by atoms with Crippen LogP contribution in [0.2, 0.25) is 0 Å². The summed E-state index contributed by atoms with van der Waals surface area (Å²) in [5.41, 5.74) is 0. The summed E-state index contributed by atoms with van der Waals surface area (Å²) in [7, 11) is 0. The summed E-state index contributed by atoms with van der Waals surface area (Å²) in [6, 6.07) is 0. The molecular formula is C24H46O2S. The fourth-order valence-electron chi connectivity index (χ4n) is 3.18. The number of rotatable bonds is 19. The molecule has 0 aliphatic heterocycles. The predicted octanol–water partition coefficient (Wildman–Crippen LogP) is 8.06. The first-order valence-corrected chi connectivity index (χ1v) is 12.1. The highest BCUT2D eigenvalue weighted by atomic mass is 32.1. The average Bonchev–Trinajstić information content (AvgIpc) is 2.68. The molecule has 0 aromatic rings. The van der Waals surface area contributed by atoms with Gasteiger partial charge in [0.05, 0.1) is 6.61 Å². The Hall–Kier alpha value is -0.440. The fraction of sp³-hybridized carbons (Fsp3) is 0.875. The maximum Gasteiger partial charge on any atom is 0.321 e. The Labute approximate surface area is 175 Å². The minimum absolute atomic E-state index is 0.126. The molecular weight excluding hydrogens is 352 g/mol. The lowest BCUT2D eigenvalue weighted by Gasteiger charge is -2.25. The topological polar surface area (TPSA) is 26.3 Å². The molecule has 3 heteroatoms. The third-order valence-electron chi connectivity index (χ3n) is 5.30. The number of ether oxygens (including phenoxy) is 1. The van der Waals surface area contributed by atoms with Crippen LogP contribution in [-0.4, -0.2) is 17.3 Å². The Bertz CT molecular complexity index is 367. The molecule has 160 valence electrons. The number of hydrogen-bond acceptors (Lipinski definition) is 3. The number of thiol groups is 1. The molecule has 0 aliphatic carbocycles. The molecule has 27 heavy (non-hydrogen) atoms. The molecule has 0 amide bonds. The summed E-state index contributed by atoms with van der Waals surface area (Å²) in [5.74, 6) is -0.126. The Balaban J connectivity index is 3.62. The van der Waals surface area contributed by atoms with Gasteiger partial charge in [0.25, 0.3) is 0 Å². The van der Waals surface area contributed by atoms with Gasteiger partial charge in [-0.3, -0.25) is 4.79 Å². The molecule has 0 saturated carbocycles. The van der Waals surface area contributed by atoms with Crippen molar-refractivity contribution in [3.8, 4) is 0 Å². The Morgan fingerprint density at radius 2 is 1.30 bits per heavy atom. The smallest absolute Gasteiger partial charge is 0.321 e. The van der Waals surface area contributed by atoms with Crippen LogP contribution in [0.1, 0.15) is 124 Å². The molecule has 0 aliphatic rings. The van der Waals surface area contributed by atoms with Gasteiger partial charge >= 0.3 is 5.97 Å². The van der Waals surface area contributed by atoms with Gasteiger partial charge < -0.3 is 4.74 Å². The zero-order chi connectivity index (χ0) is 20.2. The van der Waals surface area contributed by atoms with Crippen molar-refractivity contribution in [1.82, 2.24) is 0 Å². The van der Waals surface area contributed by atoms with E-state index in [-0.39, 0.29) is 5.97 Å². The molecule has 0 heterocycles. The molecule has 0 rings (SSSR count). The molecule has 1 atom stereocenters. The van der Waals surface area contributed by atoms with Gasteiger partial charge in [-0.15, -0.1) is 0 Å². The highest BCUT2D eigenvalue weighted by molar-refractivity contribution is 7.82. The maximum atomic E-state index is 12.2. The quantitative estimate of drug-likeness (QED) is 0.103. The third kappa shape index (κ3) is 15.2. The van der Waals surface area contributed by atoms with Crippen LogP contribution in [0, 0.1) is 0 Å². The van der Waals surface area contributed by atoms with Crippen LogP contribution < -0.4 is 0 Å². The Morgan fingerprint density at radius 3 is 1.85 bits per heavy atom. The zero-order valence-electron chi connectivity index (χ0n) is 18.4. The van der Waals surface area contributed by atoms with Gasteiger partial charge in [0.2, 0.25) is 0 Å². The number of carbonyl (C=O) groups excluding carboxylic acids is 1. The van der Waals surface area contributed by atoms with E-state index < -0.39 is 4.75 Å². The first-order valence-electron chi connectivity index (χ1n) is 11.6. The third-order valence-corrected chi connectivity index (χ3v) is 6.02. The molecule has 1 unspecified atom stereocenters. The van der Waals surface area contributed by atoms with E-state index in [0.29, 0.717) is 6.61 Å². The second-order valence-electron chi connectivity index (χ2n) is 7.86. The van der Waals surface area contributed by atoms with Gasteiger partial charge in [0.15, 0.2) is 0 Å². The summed E-state index contributed by atoms with van der Waals surface area (Å²) in [6.07, 6.45) is 23.7. The maximum absolute atomic E-state index is 12.2. The molecule has 0 N–H and O–H groups in total. The largest absolute Gasteiger partial charge is 0.465 e. The van der Waals surface area contributed by atoms with E-state index >= 15 is 0 Å². The number of carbonyl (C=O) groups is 1. The van der Waals surface area contributed by atoms with Gasteiger partial charge in [-0.25, -0.2) is 0 Å². The SMILES string of the molecule is CCCCCCCC/C=C\CCCCCCC(S)(CC)C(=O)OCCCC. The summed E-state index contributed by atoms with van der Waals surface area (Å²) in [4.78, 5) is 12.2. The lowest BCUT2D eigenvalue weighted by Crippen LogP contribution is -2.34. The van der Waals surface area contributed by atoms with E-state index in [1.807, 2.05) is 6.92 Å². The second kappa shape index (κ2) is 18.9. The Kier molecular flexibility index (Phi) is 18.6. The van der Waals surface area contributed by atoms with Crippen LogP contribution in [0.5, 0.6) is 0 Å². The van der Waals surface area contributed by atoms with Crippen molar-refractivity contribution in [2.45, 2.75) is 128 Å². The monoisotopic (exact) mass is 398 g/mol. The molecule has 0 fully saturated rings. The molecule has 0 radical (unpaired) electrons. The fourth-order valence-corrected chi connectivity index (χ4v) is 3.40. The lowest BCUT2D eigenvalue weighted by atomic mass is 9.97. The van der Waals surface area contributed by atoms with Crippen LogP contribution in [0.25, 0.3) is 0 Å². The van der Waals surface area contributed by atoms with Crippen molar-refractivity contribution in [2.75, 3.05) is 6.61 Å². The molecule has 0 saturated heterocycles. The standard InChI is InChI=1S/C24H46O2S/c1-4-7-9-10-11-12-13-14-15-16-17-18-19-20-21-24(27,6-3)23(25)26-22-8-5-2/h14-15,27H,4-13,16-22H2,1-3H3/b15-14-. The van der Waals surface area contributed by atoms with Crippen molar-refractivity contribution >= 4 is 18.6 Å². The number of unbranched alkanes of at least 4 members (excludes halogenated alkanes) is 11. The van der Waals surface area contributed by atoms with Crippen LogP contribution >= 0.6 is 12.6 Å². The van der Waals surface area contributed by atoms with E-state index in [1.165, 1.54) is 70.6 Å². The van der Waals surface area contributed by atoms with E-state index in [2.05, 4.69) is 38.6 Å². The van der Waals surface area contributed by atoms with Crippen LogP contribution in [0.4, 0.5) is 0 Å². The van der Waals surface area contributed by atoms with Gasteiger partial charge in [0.1, 0.15) is 4.75 Å². The van der Waals surface area contributed by atoms with Crippen LogP contribution in [0.3, 0.4) is 0 Å². The first-order chi connectivity index (χ1) is 13.1. The minimum Gasteiger partial charge on any atom is -0.465 e. The van der Waals surface area contributed by atoms with Gasteiger partial charge in [-0.2, -0.15) is 12.6 Å². The summed E-state index contributed by atoms with van der Waals surface area (Å²) in [6.45, 7) is 6.93. The van der Waals surface area contributed by atoms with E-state index in [1.54, 1.807) is 0 Å². The number of hydrogen-bond donors (Lipinski definition) is 1. The summed E-state index contributed by atoms with van der Waals surface area (Å²) >= 11 is 4.65. The van der Waals surface area contributed by atoms with Crippen molar-refractivity contribution < 1.29 is 9.53 Å². The van der Waals surface area contributed by atoms with Crippen LogP contribution in [0.15, 0.2) is 12.2 Å². The predicted molar refractivity (Wildman–Crippen MR) is 123 cm³/mol. The zero-order valence-corrected chi connectivity index (χ0v) is 19.3. The average molecular weight is 399 g/mol. The number of esters is 1. The van der Waals surface area contributed by atoms with E-state index in [9.17, 15) is 4.79 Å². The van der Waals surface area contributed by atoms with Gasteiger partial charge in [-0.05, 0) is 44.9 Å². The normalized spacial score (nSPS) is 13.8. The molecule has 0 aromatic heterocycles. The molecule has 0 bridgehead atoms.